The first-order valence-corrected chi connectivity index (χ1v) is 23.8. The van der Waals surface area contributed by atoms with E-state index >= 15 is 0 Å². The Morgan fingerprint density at radius 3 is 2.37 bits per heavy atom. The summed E-state index contributed by atoms with van der Waals surface area (Å²) in [6, 6.07) is 12.0. The van der Waals surface area contributed by atoms with Crippen LogP contribution in [0.2, 0.25) is 0 Å². The van der Waals surface area contributed by atoms with Crippen LogP contribution in [-0.4, -0.2) is 137 Å². The Hall–Kier alpha value is -6.77. The van der Waals surface area contributed by atoms with E-state index in [9.17, 15) is 29.7 Å². The molecule has 356 valence electrons. The van der Waals surface area contributed by atoms with Crippen LogP contribution in [0.4, 0.5) is 10.7 Å². The number of fused-ring (bicyclic) bond motifs is 3. The second-order valence-electron chi connectivity index (χ2n) is 19.8. The summed E-state index contributed by atoms with van der Waals surface area (Å²) >= 11 is 0. The van der Waals surface area contributed by atoms with Crippen LogP contribution in [0.3, 0.4) is 0 Å². The summed E-state index contributed by atoms with van der Waals surface area (Å²) in [4.78, 5) is 62.7. The van der Waals surface area contributed by atoms with Gasteiger partial charge in [-0.1, -0.05) is 44.9 Å². The van der Waals surface area contributed by atoms with Crippen LogP contribution in [0, 0.1) is 17.8 Å². The number of nitrogens with zero attached hydrogens (tertiary/aromatic N) is 8. The number of hydrogen-bond acceptors (Lipinski definition) is 12. The van der Waals surface area contributed by atoms with Crippen LogP contribution in [0.5, 0.6) is 11.5 Å². The molecule has 6 N–H and O–H groups in total. The number of aromatic amines is 1. The number of aromatic hydroxyl groups is 2. The zero-order chi connectivity index (χ0) is 47.9. The number of terminal acetylenes is 1. The molecule has 5 aromatic rings. The Labute approximate surface area is 396 Å². The van der Waals surface area contributed by atoms with Gasteiger partial charge in [-0.15, -0.1) is 16.6 Å². The average Bonchev–Trinajstić information content (AvgIpc) is 3.93. The van der Waals surface area contributed by atoms with E-state index in [1.165, 1.54) is 11.0 Å². The highest BCUT2D eigenvalue weighted by atomic mass is 16.3. The van der Waals surface area contributed by atoms with E-state index in [-0.39, 0.29) is 43.1 Å². The number of nitrogens with one attached hydrogen (secondary N) is 3. The molecule has 0 radical (unpaired) electrons. The molecule has 4 amide bonds. The highest BCUT2D eigenvalue weighted by Gasteiger charge is 2.45. The fourth-order valence-electron chi connectivity index (χ4n) is 10.6. The van der Waals surface area contributed by atoms with Gasteiger partial charge in [0.25, 0.3) is 0 Å². The van der Waals surface area contributed by atoms with Gasteiger partial charge in [0.05, 0.1) is 17.8 Å². The van der Waals surface area contributed by atoms with E-state index in [1.807, 2.05) is 51.4 Å². The normalized spacial score (nSPS) is 21.1. The monoisotopic (exact) mass is 923 g/mol. The lowest BCUT2D eigenvalue weighted by Crippen LogP contribution is -2.60. The topological polar surface area (TPSA) is 216 Å². The van der Waals surface area contributed by atoms with Crippen molar-refractivity contribution in [3.8, 4) is 35.1 Å². The van der Waals surface area contributed by atoms with E-state index in [4.69, 9.17) is 16.4 Å². The zero-order valence-corrected chi connectivity index (χ0v) is 39.2. The molecule has 17 heteroatoms. The molecule has 0 spiro atoms. The number of benzene rings is 2. The van der Waals surface area contributed by atoms with Crippen molar-refractivity contribution < 1.29 is 29.7 Å². The Morgan fingerprint density at radius 1 is 0.941 bits per heavy atom. The van der Waals surface area contributed by atoms with E-state index in [1.54, 1.807) is 29.2 Å². The number of aliphatic hydroxyl groups is 1. The van der Waals surface area contributed by atoms with Gasteiger partial charge in [-0.2, -0.15) is 0 Å². The maximum atomic E-state index is 14.2. The minimum atomic E-state index is -0.943. The molecule has 17 nitrogen and oxygen atoms in total. The molecule has 3 aromatic heterocycles. The van der Waals surface area contributed by atoms with E-state index < -0.39 is 35.4 Å². The predicted molar refractivity (Wildman–Crippen MR) is 256 cm³/mol. The molecule has 4 atom stereocenters. The molecule has 0 unspecified atom stereocenters. The molecule has 68 heavy (non-hydrogen) atoms. The Kier molecular flexibility index (Phi) is 13.0. The fraction of sp³-hybridized carbons (Fsp3) is 0.471. The number of aromatic nitrogens is 5. The van der Waals surface area contributed by atoms with Crippen molar-refractivity contribution in [3.05, 3.63) is 88.9 Å². The summed E-state index contributed by atoms with van der Waals surface area (Å²) in [5, 5.41) is 47.1. The number of hydrogen-bond donors (Lipinski definition) is 6. The van der Waals surface area contributed by atoms with E-state index in [0.29, 0.717) is 53.4 Å². The summed E-state index contributed by atoms with van der Waals surface area (Å²) in [6.07, 6.45) is 13.0. The molecule has 4 aliphatic rings. The molecule has 9 rings (SSSR count). The van der Waals surface area contributed by atoms with Crippen LogP contribution < -0.4 is 15.5 Å². The van der Waals surface area contributed by atoms with Gasteiger partial charge in [-0.05, 0) is 92.9 Å². The second kappa shape index (κ2) is 19.1. The van der Waals surface area contributed by atoms with Crippen molar-refractivity contribution in [2.24, 2.45) is 5.41 Å². The van der Waals surface area contributed by atoms with Crippen molar-refractivity contribution in [1.29, 1.82) is 0 Å². The van der Waals surface area contributed by atoms with Crippen molar-refractivity contribution in [2.75, 3.05) is 44.2 Å². The minimum Gasteiger partial charge on any atom is -0.508 e. The summed E-state index contributed by atoms with van der Waals surface area (Å²) in [7, 11) is 0. The number of amides is 4. The zero-order valence-electron chi connectivity index (χ0n) is 39.2. The number of rotatable bonds is 9. The standard InChI is InChI=1S/C51H61N11O6/c1-6-31-11-12-33(43(65)23-31)26-52-47(66)41-24-36(63)29-62(41)48(67)45(51(3,4)5)56-50(68)60-20-15-35(16-21-60)59-18-13-32(14-19-59)34-27-53-49(54-28-34)61-22-17-39-44(30(61)2)38-25-40(57-58-46(38)55-39)37-9-7-8-10-42(37)64/h1,7-12,23,25,27-28,30,32,35-36,41,45,63-65H,13-22,24,26,29H2,2-5H3,(H,52,66)(H,55,58)(H,56,68)/t30-,36-,41+,45-/m1/s1. The van der Waals surface area contributed by atoms with Crippen LogP contribution in [0.1, 0.15) is 99.7 Å². The molecule has 0 aliphatic carbocycles. The predicted octanol–water partition coefficient (Wildman–Crippen LogP) is 4.98. The SMILES string of the molecule is C#Cc1ccc(CNC(=O)[C@@H]2C[C@@H](O)CN2C(=O)[C@@H](NC(=O)N2CCC(N3CCC(c4cnc(N5CCc6[nH]c7nnc(-c8ccccc8O)cc7c6[C@H]5C)nc4)CC3)CC2)C(C)(C)C)c(O)c1. The number of likely N-dealkylation sites (tertiary alicyclic amines) is 3. The van der Waals surface area contributed by atoms with Gasteiger partial charge >= 0.3 is 6.03 Å². The van der Waals surface area contributed by atoms with Gasteiger partial charge in [0.1, 0.15) is 23.6 Å². The number of carbonyl (C=O) groups excluding carboxylic acids is 3. The number of phenolic OH excluding ortho intramolecular Hbond substituents is 2. The van der Waals surface area contributed by atoms with Crippen molar-refractivity contribution in [1.82, 2.24) is 50.5 Å². The van der Waals surface area contributed by atoms with Crippen molar-refractivity contribution in [3.63, 3.8) is 0 Å². The quantitative estimate of drug-likeness (QED) is 0.108. The van der Waals surface area contributed by atoms with Gasteiger partial charge < -0.3 is 50.5 Å². The fourth-order valence-corrected chi connectivity index (χ4v) is 10.6. The summed E-state index contributed by atoms with van der Waals surface area (Å²) in [5.74, 6) is 2.73. The molecule has 7 heterocycles. The first-order valence-electron chi connectivity index (χ1n) is 23.8. The molecular formula is C51H61N11O6. The molecule has 0 bridgehead atoms. The number of β-amino-alcohol motifs (C(OH)–C–C–N with tert-alkyl or cyclic N) is 1. The Balaban J connectivity index is 0.761. The molecule has 0 saturated carbocycles. The van der Waals surface area contributed by atoms with Crippen LogP contribution in [-0.2, 0) is 22.6 Å². The number of urea groups is 1. The summed E-state index contributed by atoms with van der Waals surface area (Å²) < 4.78 is 0. The van der Waals surface area contributed by atoms with Gasteiger partial charge in [0.2, 0.25) is 17.8 Å². The smallest absolute Gasteiger partial charge is 0.318 e. The molecule has 3 fully saturated rings. The third kappa shape index (κ3) is 9.39. The lowest BCUT2D eigenvalue weighted by Gasteiger charge is -2.42. The maximum absolute atomic E-state index is 14.2. The van der Waals surface area contributed by atoms with Gasteiger partial charge in [-0.3, -0.25) is 9.59 Å². The van der Waals surface area contributed by atoms with Crippen molar-refractivity contribution in [2.45, 2.75) is 109 Å². The third-order valence-electron chi connectivity index (χ3n) is 14.5. The largest absolute Gasteiger partial charge is 0.508 e. The highest BCUT2D eigenvalue weighted by molar-refractivity contribution is 5.93. The average molecular weight is 924 g/mol. The Bertz CT molecular complexity index is 2710. The van der Waals surface area contributed by atoms with Gasteiger partial charge in [0.15, 0.2) is 5.65 Å². The first kappa shape index (κ1) is 46.3. The van der Waals surface area contributed by atoms with E-state index in [2.05, 4.69) is 48.5 Å². The van der Waals surface area contributed by atoms with Crippen LogP contribution >= 0.6 is 0 Å². The third-order valence-corrected chi connectivity index (χ3v) is 14.5. The number of anilines is 1. The van der Waals surface area contributed by atoms with Gasteiger partial charge in [-0.25, -0.2) is 14.8 Å². The lowest BCUT2D eigenvalue weighted by molar-refractivity contribution is -0.142. The minimum absolute atomic E-state index is 0.00517. The second-order valence-corrected chi connectivity index (χ2v) is 19.8. The number of piperidine rings is 2. The van der Waals surface area contributed by atoms with Crippen molar-refractivity contribution >= 4 is 34.8 Å². The molecule has 4 aliphatic heterocycles. The lowest BCUT2D eigenvalue weighted by atomic mass is 9.85. The number of aliphatic hydroxyl groups excluding tert-OH is 1. The number of H-pyrrole nitrogens is 1. The Morgan fingerprint density at radius 2 is 1.68 bits per heavy atom. The number of phenols is 2. The molecule has 2 aromatic carbocycles. The van der Waals surface area contributed by atoms with Crippen LogP contribution in [0.25, 0.3) is 22.3 Å². The summed E-state index contributed by atoms with van der Waals surface area (Å²) in [5.41, 5.74) is 5.69. The molecular weight excluding hydrogens is 863 g/mol. The van der Waals surface area contributed by atoms with E-state index in [0.717, 1.165) is 79.6 Å². The van der Waals surface area contributed by atoms with Gasteiger partial charge in [0, 0.05) is 97.3 Å². The number of carbonyl (C=O) groups is 3. The van der Waals surface area contributed by atoms with Crippen LogP contribution in [0.15, 0.2) is 60.9 Å². The highest BCUT2D eigenvalue weighted by Crippen LogP contribution is 2.39. The molecule has 3 saturated heterocycles. The number of para-hydroxylation sites is 1. The summed E-state index contributed by atoms with van der Waals surface area (Å²) in [6.45, 7) is 11.5. The maximum Gasteiger partial charge on any atom is 0.318 e. The first-order chi connectivity index (χ1) is 32.7.